The monoisotopic (exact) mass is 219 g/mol. The van der Waals surface area contributed by atoms with Gasteiger partial charge in [-0.25, -0.2) is 0 Å². The van der Waals surface area contributed by atoms with Crippen LogP contribution in [0.1, 0.15) is 0 Å². The molecule has 6 nitrogen and oxygen atoms in total. The van der Waals surface area contributed by atoms with Crippen LogP contribution in [0.4, 0.5) is 0 Å². The number of nitrogens with one attached hydrogen (secondary N) is 2. The minimum Gasteiger partial charge on any atom is -0.488 e. The van der Waals surface area contributed by atoms with Crippen molar-refractivity contribution in [2.75, 3.05) is 26.7 Å². The van der Waals surface area contributed by atoms with Crippen LogP contribution in [0.15, 0.2) is 0 Å². The van der Waals surface area contributed by atoms with Crippen molar-refractivity contribution in [3.05, 3.63) is 0 Å². The van der Waals surface area contributed by atoms with Gasteiger partial charge in [0, 0.05) is 0 Å². The first-order valence-corrected chi connectivity index (χ1v) is 4.31. The number of carbonyl (C=O) groups is 2. The fourth-order valence-electron chi connectivity index (χ4n) is 0.556. The largest absolute Gasteiger partial charge is 0.488 e. The first-order chi connectivity index (χ1) is 6.60. The van der Waals surface area contributed by atoms with Gasteiger partial charge in [0.15, 0.2) is 5.05 Å². The molecule has 0 aliphatic carbocycles. The summed E-state index contributed by atoms with van der Waals surface area (Å²) >= 11 is 4.69. The van der Waals surface area contributed by atoms with E-state index in [0.717, 1.165) is 0 Å². The number of thiocarbonyl (C=S) groups is 1. The second-order valence-corrected chi connectivity index (χ2v) is 2.79. The van der Waals surface area contributed by atoms with Crippen LogP contribution in [0, 0.1) is 0 Å². The molecule has 0 heterocycles. The van der Waals surface area contributed by atoms with Crippen LogP contribution in [0.2, 0.25) is 0 Å². The summed E-state index contributed by atoms with van der Waals surface area (Å²) in [7, 11) is 1.42. The summed E-state index contributed by atoms with van der Waals surface area (Å²) in [6.45, 7) is -0.0880. The van der Waals surface area contributed by atoms with Crippen LogP contribution in [0.5, 0.6) is 0 Å². The van der Waals surface area contributed by atoms with Gasteiger partial charge in [-0.1, -0.05) is 0 Å². The fraction of sp³-hybridized carbons (Fsp3) is 0.571. The molecule has 0 unspecified atom stereocenters. The molecular formula is C7H13N3O3S. The summed E-state index contributed by atoms with van der Waals surface area (Å²) in [6, 6.07) is 0. The molecule has 0 aromatic carbocycles. The first-order valence-electron chi connectivity index (χ1n) is 3.90. The van der Waals surface area contributed by atoms with Gasteiger partial charge in [-0.15, -0.1) is 0 Å². The predicted molar refractivity (Wildman–Crippen MR) is 54.7 cm³/mol. The quantitative estimate of drug-likeness (QED) is 0.472. The Morgan fingerprint density at radius 1 is 1.29 bits per heavy atom. The average molecular weight is 219 g/mol. The molecule has 0 aromatic heterocycles. The van der Waals surface area contributed by atoms with E-state index in [2.05, 4.69) is 27.6 Å². The van der Waals surface area contributed by atoms with Gasteiger partial charge >= 0.3 is 0 Å². The zero-order chi connectivity index (χ0) is 11.0. The lowest BCUT2D eigenvalue weighted by atomic mass is 10.5. The molecular weight excluding hydrogens is 206 g/mol. The maximum Gasteiger partial charge on any atom is 0.239 e. The Bertz CT molecular complexity index is 210. The molecule has 14 heavy (non-hydrogen) atoms. The van der Waals surface area contributed by atoms with Gasteiger partial charge in [-0.2, -0.15) is 0 Å². The van der Waals surface area contributed by atoms with Crippen LogP contribution in [0.3, 0.4) is 0 Å². The van der Waals surface area contributed by atoms with E-state index in [4.69, 9.17) is 5.73 Å². The minimum atomic E-state index is -0.380. The van der Waals surface area contributed by atoms with E-state index in [1.165, 1.54) is 7.11 Å². The highest BCUT2D eigenvalue weighted by atomic mass is 32.1. The Morgan fingerprint density at radius 2 is 1.86 bits per heavy atom. The van der Waals surface area contributed by atoms with Crippen LogP contribution < -0.4 is 16.4 Å². The van der Waals surface area contributed by atoms with Crippen molar-refractivity contribution < 1.29 is 14.3 Å². The molecule has 0 atom stereocenters. The number of methoxy groups -OCH3 is 1. The fourth-order valence-corrected chi connectivity index (χ4v) is 0.629. The smallest absolute Gasteiger partial charge is 0.239 e. The van der Waals surface area contributed by atoms with E-state index in [1.807, 2.05) is 0 Å². The highest BCUT2D eigenvalue weighted by Gasteiger charge is 2.04. The summed E-state index contributed by atoms with van der Waals surface area (Å²) in [6.07, 6.45) is 0. The minimum absolute atomic E-state index is 0.109. The van der Waals surface area contributed by atoms with Crippen molar-refractivity contribution in [2.24, 2.45) is 5.73 Å². The molecule has 80 valence electrons. The summed E-state index contributed by atoms with van der Waals surface area (Å²) in [5.74, 6) is -0.722. The molecule has 0 fully saturated rings. The van der Waals surface area contributed by atoms with Gasteiger partial charge < -0.3 is 21.1 Å². The lowest BCUT2D eigenvalue weighted by Crippen LogP contribution is -2.40. The lowest BCUT2D eigenvalue weighted by molar-refractivity contribution is -0.125. The molecule has 7 heteroatoms. The third kappa shape index (κ3) is 6.32. The third-order valence-electron chi connectivity index (χ3n) is 1.29. The molecule has 0 radical (unpaired) electrons. The van der Waals surface area contributed by atoms with E-state index in [9.17, 15) is 9.59 Å². The van der Waals surface area contributed by atoms with E-state index in [-0.39, 0.29) is 36.5 Å². The summed E-state index contributed by atoms with van der Waals surface area (Å²) < 4.78 is 4.66. The molecule has 0 spiro atoms. The number of ether oxygens (including phenoxy) is 1. The normalized spacial score (nSPS) is 9.00. The second kappa shape index (κ2) is 7.22. The molecule has 4 N–H and O–H groups in total. The maximum atomic E-state index is 11.0. The Hall–Kier alpha value is -1.21. The number of rotatable bonds is 5. The molecule has 0 rings (SSSR count). The lowest BCUT2D eigenvalue weighted by Gasteiger charge is -2.06. The summed E-state index contributed by atoms with van der Waals surface area (Å²) in [4.78, 5) is 21.6. The van der Waals surface area contributed by atoms with E-state index < -0.39 is 0 Å². The van der Waals surface area contributed by atoms with Gasteiger partial charge in [-0.05, 0) is 12.2 Å². The average Bonchev–Trinajstić information content (AvgIpc) is 2.22. The Morgan fingerprint density at radius 3 is 2.36 bits per heavy atom. The second-order valence-electron chi connectivity index (χ2n) is 2.33. The highest BCUT2D eigenvalue weighted by molar-refractivity contribution is 7.80. The Balaban J connectivity index is 3.56. The zero-order valence-electron chi connectivity index (χ0n) is 7.83. The maximum absolute atomic E-state index is 11.0. The number of nitrogens with two attached hydrogens (primary N) is 1. The predicted octanol–water partition coefficient (Wildman–Crippen LogP) is -1.85. The zero-order valence-corrected chi connectivity index (χ0v) is 8.65. The van der Waals surface area contributed by atoms with Crippen molar-refractivity contribution in [1.29, 1.82) is 0 Å². The van der Waals surface area contributed by atoms with Crippen LogP contribution >= 0.6 is 12.2 Å². The van der Waals surface area contributed by atoms with Crippen molar-refractivity contribution >= 4 is 29.1 Å². The van der Waals surface area contributed by atoms with Crippen LogP contribution in [-0.4, -0.2) is 43.6 Å². The van der Waals surface area contributed by atoms with E-state index in [0.29, 0.717) is 0 Å². The van der Waals surface area contributed by atoms with Gasteiger partial charge in [-0.3, -0.25) is 9.59 Å². The SMILES string of the molecule is COC(=S)CNC(=O)CNC(=O)CN. The molecule has 0 aromatic rings. The van der Waals surface area contributed by atoms with Crippen molar-refractivity contribution in [1.82, 2.24) is 10.6 Å². The van der Waals surface area contributed by atoms with Gasteiger partial charge in [0.05, 0.1) is 26.7 Å². The van der Waals surface area contributed by atoms with Gasteiger partial charge in [0.1, 0.15) is 0 Å². The topological polar surface area (TPSA) is 93.5 Å². The molecule has 2 amide bonds. The Kier molecular flexibility index (Phi) is 6.59. The number of hydrogen-bond acceptors (Lipinski definition) is 5. The van der Waals surface area contributed by atoms with E-state index >= 15 is 0 Å². The van der Waals surface area contributed by atoms with Crippen molar-refractivity contribution in [2.45, 2.75) is 0 Å². The molecule has 0 saturated carbocycles. The van der Waals surface area contributed by atoms with Crippen LogP contribution in [-0.2, 0) is 14.3 Å². The number of hydrogen-bond donors (Lipinski definition) is 3. The third-order valence-corrected chi connectivity index (χ3v) is 1.60. The summed E-state index contributed by atoms with van der Waals surface area (Å²) in [5.41, 5.74) is 5.02. The standard InChI is InChI=1S/C7H13N3O3S/c1-13-7(14)4-10-6(12)3-9-5(11)2-8/h2-4,8H2,1H3,(H,9,11)(H,10,12). The first kappa shape index (κ1) is 12.8. The molecule has 0 aliphatic heterocycles. The number of amides is 2. The van der Waals surface area contributed by atoms with Gasteiger partial charge in [0.25, 0.3) is 0 Å². The Labute approximate surface area is 87.2 Å². The van der Waals surface area contributed by atoms with Crippen molar-refractivity contribution in [3.8, 4) is 0 Å². The van der Waals surface area contributed by atoms with Crippen molar-refractivity contribution in [3.63, 3.8) is 0 Å². The van der Waals surface area contributed by atoms with E-state index in [1.54, 1.807) is 0 Å². The van der Waals surface area contributed by atoms with Gasteiger partial charge in [0.2, 0.25) is 11.8 Å². The number of carbonyl (C=O) groups excluding carboxylic acids is 2. The molecule has 0 bridgehead atoms. The highest BCUT2D eigenvalue weighted by Crippen LogP contribution is 1.75. The molecule has 0 saturated heterocycles. The van der Waals surface area contributed by atoms with Crippen LogP contribution in [0.25, 0.3) is 0 Å². The summed E-state index contributed by atoms with van der Waals surface area (Å²) in [5, 5.41) is 5.05. The molecule has 0 aliphatic rings.